The van der Waals surface area contributed by atoms with E-state index in [9.17, 15) is 23.1 Å². The molecule has 1 saturated heterocycles. The molecule has 0 aromatic heterocycles. The molecule has 1 N–H and O–H groups in total. The van der Waals surface area contributed by atoms with E-state index in [0.29, 0.717) is 0 Å². The van der Waals surface area contributed by atoms with E-state index < -0.39 is 52.8 Å². The van der Waals surface area contributed by atoms with Crippen molar-refractivity contribution in [2.24, 2.45) is 5.11 Å². The summed E-state index contributed by atoms with van der Waals surface area (Å²) >= 11 is 0. The van der Waals surface area contributed by atoms with E-state index in [0.717, 1.165) is 17.6 Å². The number of methoxy groups -OCH3 is 1. The van der Waals surface area contributed by atoms with E-state index in [-0.39, 0.29) is 4.90 Å². The van der Waals surface area contributed by atoms with Gasteiger partial charge in [-0.3, -0.25) is 8.98 Å². The van der Waals surface area contributed by atoms with Crippen LogP contribution < -0.4 is 0 Å². The number of hydrogen-bond acceptors (Lipinski definition) is 8. The molecule has 1 aromatic rings. The Morgan fingerprint density at radius 2 is 2.00 bits per heavy atom. The molecule has 4 atom stereocenters. The largest absolute Gasteiger partial charge is 0.467 e. The zero-order chi connectivity index (χ0) is 21.1. The van der Waals surface area contributed by atoms with Crippen LogP contribution >= 0.6 is 0 Å². The van der Waals surface area contributed by atoms with Gasteiger partial charge in [0, 0.05) is 4.91 Å². The smallest absolute Gasteiger partial charge is 0.328 e. The summed E-state index contributed by atoms with van der Waals surface area (Å²) in [6.45, 7) is 2.47. The minimum Gasteiger partial charge on any atom is -0.467 e. The van der Waals surface area contributed by atoms with Crippen LogP contribution in [-0.4, -0.2) is 68.2 Å². The van der Waals surface area contributed by atoms with Gasteiger partial charge >= 0.3 is 5.97 Å². The highest BCUT2D eigenvalue weighted by Gasteiger charge is 2.54. The number of nitrogens with zero attached hydrogens (tertiary/aromatic N) is 4. The van der Waals surface area contributed by atoms with Crippen LogP contribution in [0.15, 0.2) is 34.3 Å². The summed E-state index contributed by atoms with van der Waals surface area (Å²) in [4.78, 5) is 27.3. The number of likely N-dealkylation sites (tertiary alicyclic amines) is 1. The van der Waals surface area contributed by atoms with Crippen molar-refractivity contribution in [2.45, 2.75) is 43.0 Å². The second-order valence-corrected chi connectivity index (χ2v) is 7.82. The lowest BCUT2D eigenvalue weighted by atomic mass is 9.89. The lowest BCUT2D eigenvalue weighted by Gasteiger charge is -2.49. The van der Waals surface area contributed by atoms with Gasteiger partial charge in [-0.05, 0) is 31.5 Å². The van der Waals surface area contributed by atoms with Crippen LogP contribution in [0.5, 0.6) is 0 Å². The maximum atomic E-state index is 12.2. The SMILES string of the molecule is COC(=O)[C@H](C)N1C(=O)[C@H](N=[N+]=[N-])[C@@H]1[C@H](O)COS(=O)(=O)c1ccc(C)cc1. The number of carbonyl (C=O) groups excluding carboxylic acids is 2. The molecule has 152 valence electrons. The third-order valence-electron chi connectivity index (χ3n) is 4.39. The molecule has 2 rings (SSSR count). The number of carbonyl (C=O) groups is 2. The molecule has 1 aliphatic heterocycles. The number of aliphatic hydroxyl groups is 1. The topological polar surface area (TPSA) is 159 Å². The van der Waals surface area contributed by atoms with Crippen molar-refractivity contribution in [3.8, 4) is 0 Å². The second-order valence-electron chi connectivity index (χ2n) is 6.20. The van der Waals surface area contributed by atoms with Crippen molar-refractivity contribution in [1.29, 1.82) is 0 Å². The third-order valence-corrected chi connectivity index (χ3v) is 5.68. The van der Waals surface area contributed by atoms with Crippen LogP contribution in [0.1, 0.15) is 12.5 Å². The van der Waals surface area contributed by atoms with Gasteiger partial charge in [0.05, 0.1) is 24.7 Å². The minimum atomic E-state index is -4.15. The van der Waals surface area contributed by atoms with Crippen molar-refractivity contribution in [1.82, 2.24) is 4.90 Å². The molecule has 0 saturated carbocycles. The Hall–Kier alpha value is -2.66. The van der Waals surface area contributed by atoms with Gasteiger partial charge in [-0.2, -0.15) is 8.42 Å². The number of hydrogen-bond donors (Lipinski definition) is 1. The van der Waals surface area contributed by atoms with Gasteiger partial charge in [0.25, 0.3) is 10.1 Å². The average Bonchev–Trinajstić information content (AvgIpc) is 2.67. The molecule has 1 heterocycles. The lowest BCUT2D eigenvalue weighted by Crippen LogP contribution is -2.72. The van der Waals surface area contributed by atoms with Gasteiger partial charge in [-0.1, -0.05) is 22.8 Å². The molecule has 1 fully saturated rings. The Morgan fingerprint density at radius 1 is 1.39 bits per heavy atom. The molecule has 0 aliphatic carbocycles. The molecule has 12 heteroatoms. The highest BCUT2D eigenvalue weighted by molar-refractivity contribution is 7.86. The Labute approximate surface area is 161 Å². The molecule has 0 unspecified atom stereocenters. The number of benzene rings is 1. The fourth-order valence-electron chi connectivity index (χ4n) is 2.85. The average molecular weight is 412 g/mol. The number of aliphatic hydroxyl groups excluding tert-OH is 1. The van der Waals surface area contributed by atoms with Crippen LogP contribution in [0.2, 0.25) is 0 Å². The lowest BCUT2D eigenvalue weighted by molar-refractivity contribution is -0.171. The van der Waals surface area contributed by atoms with Crippen molar-refractivity contribution >= 4 is 22.0 Å². The number of rotatable bonds is 8. The standard InChI is InChI=1S/C16H20N4O7S/c1-9-4-6-11(7-5-9)28(24,25)27-8-12(21)14-13(18-19-17)15(22)20(14)10(2)16(23)26-3/h4-7,10,12-14,21H,8H2,1-3H3/t10-,12+,13+,14-/m0/s1. The molecule has 1 amide bonds. The van der Waals surface area contributed by atoms with Crippen LogP contribution in [-0.2, 0) is 28.6 Å². The highest BCUT2D eigenvalue weighted by atomic mass is 32.2. The number of esters is 1. The molecule has 11 nitrogen and oxygen atoms in total. The van der Waals surface area contributed by atoms with Gasteiger partial charge in [0.1, 0.15) is 18.2 Å². The molecule has 28 heavy (non-hydrogen) atoms. The first-order valence-corrected chi connectivity index (χ1v) is 9.63. The number of ether oxygens (including phenoxy) is 1. The van der Waals surface area contributed by atoms with Crippen molar-refractivity contribution < 1.29 is 32.0 Å². The number of amides is 1. The maximum Gasteiger partial charge on any atom is 0.328 e. The third kappa shape index (κ3) is 4.25. The summed E-state index contributed by atoms with van der Waals surface area (Å²) in [7, 11) is -3.01. The molecule has 0 bridgehead atoms. The molecule has 1 aromatic carbocycles. The van der Waals surface area contributed by atoms with Crippen LogP contribution in [0.4, 0.5) is 0 Å². The monoisotopic (exact) mass is 412 g/mol. The summed E-state index contributed by atoms with van der Waals surface area (Å²) in [5.74, 6) is -1.42. The summed E-state index contributed by atoms with van der Waals surface area (Å²) < 4.78 is 34.0. The molecular formula is C16H20N4O7S. The van der Waals surface area contributed by atoms with E-state index in [1.807, 2.05) is 0 Å². The van der Waals surface area contributed by atoms with Crippen LogP contribution in [0.25, 0.3) is 10.4 Å². The molecule has 1 aliphatic rings. The Morgan fingerprint density at radius 3 is 2.54 bits per heavy atom. The summed E-state index contributed by atoms with van der Waals surface area (Å²) in [6, 6.07) is 2.43. The Bertz CT molecular complexity index is 896. The zero-order valence-corrected chi connectivity index (χ0v) is 16.2. The van der Waals surface area contributed by atoms with Crippen LogP contribution in [0.3, 0.4) is 0 Å². The summed E-state index contributed by atoms with van der Waals surface area (Å²) in [5, 5.41) is 13.7. The first-order chi connectivity index (χ1) is 13.1. The molecular weight excluding hydrogens is 392 g/mol. The molecule has 0 spiro atoms. The van der Waals surface area contributed by atoms with E-state index >= 15 is 0 Å². The number of β-lactam (4-membered cyclic amide) rings is 1. The summed E-state index contributed by atoms with van der Waals surface area (Å²) in [6.07, 6.45) is -1.53. The second kappa shape index (κ2) is 8.57. The van der Waals surface area contributed by atoms with Crippen LogP contribution in [0, 0.1) is 6.92 Å². The fourth-order valence-corrected chi connectivity index (χ4v) is 3.77. The fraction of sp³-hybridized carbons (Fsp3) is 0.500. The van der Waals surface area contributed by atoms with Crippen molar-refractivity contribution in [2.75, 3.05) is 13.7 Å². The van der Waals surface area contributed by atoms with Gasteiger partial charge in [-0.15, -0.1) is 0 Å². The van der Waals surface area contributed by atoms with Gasteiger partial charge in [0.2, 0.25) is 5.91 Å². The summed E-state index contributed by atoms with van der Waals surface area (Å²) in [5.41, 5.74) is 9.47. The van der Waals surface area contributed by atoms with E-state index in [1.165, 1.54) is 19.1 Å². The number of aryl methyl sites for hydroxylation is 1. The van der Waals surface area contributed by atoms with E-state index in [4.69, 9.17) is 9.71 Å². The van der Waals surface area contributed by atoms with Gasteiger partial charge < -0.3 is 14.7 Å². The highest BCUT2D eigenvalue weighted by Crippen LogP contribution is 2.30. The maximum absolute atomic E-state index is 12.2. The zero-order valence-electron chi connectivity index (χ0n) is 15.4. The first kappa shape index (κ1) is 21.6. The van der Waals surface area contributed by atoms with Gasteiger partial charge in [0.15, 0.2) is 0 Å². The number of azide groups is 1. The van der Waals surface area contributed by atoms with Crippen molar-refractivity contribution in [3.63, 3.8) is 0 Å². The van der Waals surface area contributed by atoms with Gasteiger partial charge in [-0.25, -0.2) is 4.79 Å². The normalized spacial score (nSPS) is 21.3. The quantitative estimate of drug-likeness (QED) is 0.163. The Kier molecular flexibility index (Phi) is 6.62. The van der Waals surface area contributed by atoms with Crippen molar-refractivity contribution in [3.05, 3.63) is 40.3 Å². The Balaban J connectivity index is 2.15. The van der Waals surface area contributed by atoms with E-state index in [2.05, 4.69) is 14.8 Å². The first-order valence-electron chi connectivity index (χ1n) is 8.22. The molecule has 0 radical (unpaired) electrons. The minimum absolute atomic E-state index is 0.0960. The van der Waals surface area contributed by atoms with E-state index in [1.54, 1.807) is 19.1 Å². The predicted molar refractivity (Wildman–Crippen MR) is 95.4 cm³/mol. The predicted octanol–water partition coefficient (Wildman–Crippen LogP) is 0.512.